The van der Waals surface area contributed by atoms with E-state index in [1.807, 2.05) is 6.92 Å². The third kappa shape index (κ3) is 7.10. The van der Waals surface area contributed by atoms with E-state index >= 15 is 0 Å². The highest BCUT2D eigenvalue weighted by molar-refractivity contribution is 7.92. The monoisotopic (exact) mass is 379 g/mol. The van der Waals surface area contributed by atoms with Crippen LogP contribution >= 0.6 is 0 Å². The molecule has 1 aliphatic rings. The van der Waals surface area contributed by atoms with Crippen molar-refractivity contribution >= 4 is 15.7 Å². The van der Waals surface area contributed by atoms with Crippen molar-refractivity contribution in [2.75, 3.05) is 24.6 Å². The number of rotatable bonds is 9. The minimum Gasteiger partial charge on any atom is -0.342 e. The van der Waals surface area contributed by atoms with Gasteiger partial charge in [-0.1, -0.05) is 49.6 Å². The first-order valence-corrected chi connectivity index (χ1v) is 11.8. The lowest BCUT2D eigenvalue weighted by atomic mass is 9.90. The van der Waals surface area contributed by atoms with E-state index in [1.54, 1.807) is 4.90 Å². The van der Waals surface area contributed by atoms with Crippen LogP contribution < -0.4 is 0 Å². The number of nitrogens with zero attached hydrogens (tertiary/aromatic N) is 1. The van der Waals surface area contributed by atoms with Crippen LogP contribution in [0.15, 0.2) is 24.3 Å². The normalized spacial score (nSPS) is 16.0. The van der Waals surface area contributed by atoms with Gasteiger partial charge in [0.1, 0.15) is 5.75 Å². The maximum absolute atomic E-state index is 12.3. The fourth-order valence-electron chi connectivity index (χ4n) is 3.52. The van der Waals surface area contributed by atoms with Crippen molar-refractivity contribution in [1.29, 1.82) is 0 Å². The zero-order valence-corrected chi connectivity index (χ0v) is 17.1. The average Bonchev–Trinajstić information content (AvgIpc) is 2.61. The quantitative estimate of drug-likeness (QED) is 0.614. The number of carbonyl (C=O) groups excluding carboxylic acids is 1. The molecule has 0 radical (unpaired) electrons. The Labute approximate surface area is 158 Å². The number of amides is 1. The Balaban J connectivity index is 1.71. The molecule has 5 heteroatoms. The third-order valence-electron chi connectivity index (χ3n) is 5.33. The standard InChI is InChI=1S/C21H33NO3S/c1-3-4-5-16-26(24,25)17-21(23)22-14-12-20(13-15-22)11-10-19-8-6-18(2)7-9-19/h6-9,20H,3-5,10-17H2,1-2H3. The lowest BCUT2D eigenvalue weighted by molar-refractivity contribution is -0.129. The van der Waals surface area contributed by atoms with Crippen molar-refractivity contribution in [3.63, 3.8) is 0 Å². The lowest BCUT2D eigenvalue weighted by Gasteiger charge is -2.32. The Kier molecular flexibility index (Phi) is 8.14. The maximum atomic E-state index is 12.3. The molecule has 0 unspecified atom stereocenters. The van der Waals surface area contributed by atoms with Crippen molar-refractivity contribution < 1.29 is 13.2 Å². The molecule has 1 aliphatic heterocycles. The summed E-state index contributed by atoms with van der Waals surface area (Å²) in [5, 5.41) is 0. The molecule has 26 heavy (non-hydrogen) atoms. The summed E-state index contributed by atoms with van der Waals surface area (Å²) in [6.45, 7) is 5.53. The first kappa shape index (κ1) is 20.9. The first-order valence-electron chi connectivity index (χ1n) is 9.93. The molecule has 0 N–H and O–H groups in total. The number of aryl methyl sites for hydroxylation is 2. The minimum atomic E-state index is -3.26. The van der Waals surface area contributed by atoms with E-state index in [4.69, 9.17) is 0 Å². The van der Waals surface area contributed by atoms with Crippen LogP contribution in [0.4, 0.5) is 0 Å². The summed E-state index contributed by atoms with van der Waals surface area (Å²) in [5.41, 5.74) is 2.65. The highest BCUT2D eigenvalue weighted by Gasteiger charge is 2.26. The summed E-state index contributed by atoms with van der Waals surface area (Å²) < 4.78 is 24.1. The predicted octanol–water partition coefficient (Wildman–Crippen LogP) is 3.77. The first-order chi connectivity index (χ1) is 12.4. The topological polar surface area (TPSA) is 54.5 Å². The average molecular weight is 380 g/mol. The molecule has 1 aromatic rings. The van der Waals surface area contributed by atoms with Crippen LogP contribution in [0.3, 0.4) is 0 Å². The van der Waals surface area contributed by atoms with E-state index in [1.165, 1.54) is 11.1 Å². The SMILES string of the molecule is CCCCCS(=O)(=O)CC(=O)N1CCC(CCc2ccc(C)cc2)CC1. The van der Waals surface area contributed by atoms with Gasteiger partial charge in [-0.05, 0) is 50.5 Å². The van der Waals surface area contributed by atoms with Crippen molar-refractivity contribution in [1.82, 2.24) is 4.90 Å². The number of benzene rings is 1. The molecule has 1 heterocycles. The zero-order valence-electron chi connectivity index (χ0n) is 16.2. The Morgan fingerprint density at radius 3 is 2.38 bits per heavy atom. The summed E-state index contributed by atoms with van der Waals surface area (Å²) in [5.74, 6) is 0.240. The van der Waals surface area contributed by atoms with Gasteiger partial charge in [-0.2, -0.15) is 0 Å². The summed E-state index contributed by atoms with van der Waals surface area (Å²) in [6.07, 6.45) is 6.72. The molecular weight excluding hydrogens is 346 g/mol. The number of hydrogen-bond acceptors (Lipinski definition) is 3. The number of likely N-dealkylation sites (tertiary alicyclic amines) is 1. The second-order valence-corrected chi connectivity index (χ2v) is 9.83. The highest BCUT2D eigenvalue weighted by Crippen LogP contribution is 2.23. The highest BCUT2D eigenvalue weighted by atomic mass is 32.2. The van der Waals surface area contributed by atoms with E-state index in [0.717, 1.165) is 38.5 Å². The molecule has 146 valence electrons. The van der Waals surface area contributed by atoms with Crippen LogP contribution in [0, 0.1) is 12.8 Å². The molecule has 0 atom stereocenters. The Morgan fingerprint density at radius 2 is 1.77 bits per heavy atom. The molecule has 4 nitrogen and oxygen atoms in total. The smallest absolute Gasteiger partial charge is 0.237 e. The molecule has 1 saturated heterocycles. The molecule has 2 rings (SSSR count). The fraction of sp³-hybridized carbons (Fsp3) is 0.667. The van der Waals surface area contributed by atoms with Crippen molar-refractivity contribution in [2.45, 2.75) is 58.8 Å². The summed E-state index contributed by atoms with van der Waals surface area (Å²) >= 11 is 0. The van der Waals surface area contributed by atoms with Gasteiger partial charge >= 0.3 is 0 Å². The Hall–Kier alpha value is -1.36. The summed E-state index contributed by atoms with van der Waals surface area (Å²) in [6, 6.07) is 8.68. The number of unbranched alkanes of at least 4 members (excludes halogenated alkanes) is 2. The van der Waals surface area contributed by atoms with E-state index in [-0.39, 0.29) is 17.4 Å². The van der Waals surface area contributed by atoms with Gasteiger partial charge in [0.2, 0.25) is 5.91 Å². The molecule has 0 aromatic heterocycles. The van der Waals surface area contributed by atoms with Crippen molar-refractivity contribution in [3.05, 3.63) is 35.4 Å². The fourth-order valence-corrected chi connectivity index (χ4v) is 4.87. The predicted molar refractivity (Wildman–Crippen MR) is 107 cm³/mol. The molecule has 0 saturated carbocycles. The summed E-state index contributed by atoms with van der Waals surface area (Å²) in [4.78, 5) is 14.1. The molecule has 0 spiro atoms. The number of hydrogen-bond donors (Lipinski definition) is 0. The molecule has 0 aliphatic carbocycles. The number of carbonyl (C=O) groups is 1. The number of piperidine rings is 1. The summed E-state index contributed by atoms with van der Waals surface area (Å²) in [7, 11) is -3.26. The maximum Gasteiger partial charge on any atom is 0.237 e. The third-order valence-corrected chi connectivity index (χ3v) is 6.93. The minimum absolute atomic E-state index is 0.138. The van der Waals surface area contributed by atoms with Gasteiger partial charge in [-0.3, -0.25) is 4.79 Å². The van der Waals surface area contributed by atoms with Crippen LogP contribution in [0.1, 0.15) is 56.6 Å². The lowest BCUT2D eigenvalue weighted by Crippen LogP contribution is -2.41. The van der Waals surface area contributed by atoms with Gasteiger partial charge in [-0.15, -0.1) is 0 Å². The van der Waals surface area contributed by atoms with Crippen LogP contribution in [0.5, 0.6) is 0 Å². The number of sulfone groups is 1. The van der Waals surface area contributed by atoms with Gasteiger partial charge in [0.15, 0.2) is 9.84 Å². The van der Waals surface area contributed by atoms with Gasteiger partial charge in [0.25, 0.3) is 0 Å². The van der Waals surface area contributed by atoms with Crippen LogP contribution in [0.25, 0.3) is 0 Å². The van der Waals surface area contributed by atoms with Crippen molar-refractivity contribution in [3.8, 4) is 0 Å². The van der Waals surface area contributed by atoms with E-state index in [9.17, 15) is 13.2 Å². The molecule has 0 bridgehead atoms. The van der Waals surface area contributed by atoms with E-state index < -0.39 is 9.84 Å². The molecule has 1 amide bonds. The van der Waals surface area contributed by atoms with E-state index in [2.05, 4.69) is 31.2 Å². The largest absolute Gasteiger partial charge is 0.342 e. The molecular formula is C21H33NO3S. The van der Waals surface area contributed by atoms with Gasteiger partial charge in [-0.25, -0.2) is 8.42 Å². The second kappa shape index (κ2) is 10.1. The Morgan fingerprint density at radius 1 is 1.12 bits per heavy atom. The van der Waals surface area contributed by atoms with Crippen molar-refractivity contribution in [2.24, 2.45) is 5.92 Å². The van der Waals surface area contributed by atoms with Crippen LogP contribution in [-0.2, 0) is 21.1 Å². The van der Waals surface area contributed by atoms with E-state index in [0.29, 0.717) is 25.4 Å². The second-order valence-electron chi connectivity index (χ2n) is 7.65. The van der Waals surface area contributed by atoms with Gasteiger partial charge < -0.3 is 4.90 Å². The Bertz CT molecular complexity index is 659. The zero-order chi connectivity index (χ0) is 19.0. The molecule has 1 aromatic carbocycles. The van der Waals surface area contributed by atoms with Gasteiger partial charge in [0.05, 0.1) is 5.75 Å². The van der Waals surface area contributed by atoms with Gasteiger partial charge in [0, 0.05) is 13.1 Å². The van der Waals surface area contributed by atoms with Crippen LogP contribution in [0.2, 0.25) is 0 Å². The molecule has 1 fully saturated rings. The van der Waals surface area contributed by atoms with Crippen LogP contribution in [-0.4, -0.2) is 43.8 Å².